The lowest BCUT2D eigenvalue weighted by Crippen LogP contribution is -2.02. The molecule has 0 heterocycles. The molecule has 0 unspecified atom stereocenters. The van der Waals surface area contributed by atoms with Crippen molar-refractivity contribution in [3.8, 4) is 6.07 Å². The Morgan fingerprint density at radius 1 is 1.53 bits per heavy atom. The summed E-state index contributed by atoms with van der Waals surface area (Å²) in [7, 11) is 1.53. The lowest BCUT2D eigenvalue weighted by atomic mass is 10.1. The fourth-order valence-electron chi connectivity index (χ4n) is 1.21. The van der Waals surface area contributed by atoms with Gasteiger partial charge in [0.1, 0.15) is 6.07 Å². The molecule has 0 aromatic heterocycles. The number of nitrogens with two attached hydrogens (primary N) is 1. The second-order valence-electron chi connectivity index (χ2n) is 3.13. The van der Waals surface area contributed by atoms with E-state index in [1.165, 1.54) is 37.5 Å². The topological polar surface area (TPSA) is 105 Å². The van der Waals surface area contributed by atoms with Crippen LogP contribution in [0.3, 0.4) is 0 Å². The van der Waals surface area contributed by atoms with Gasteiger partial charge in [-0.1, -0.05) is 0 Å². The summed E-state index contributed by atoms with van der Waals surface area (Å²) in [5.41, 5.74) is 6.75. The summed E-state index contributed by atoms with van der Waals surface area (Å²) in [5, 5.41) is 19.3. The number of aliphatic imine (C=N–C) groups is 1. The van der Waals surface area contributed by atoms with Crippen LogP contribution < -0.4 is 5.73 Å². The van der Waals surface area contributed by atoms with Crippen LogP contribution in [0, 0.1) is 21.4 Å². The van der Waals surface area contributed by atoms with Crippen LogP contribution >= 0.6 is 0 Å². The zero-order chi connectivity index (χ0) is 12.8. The summed E-state index contributed by atoms with van der Waals surface area (Å²) in [6.07, 6.45) is 1.34. The van der Waals surface area contributed by atoms with Crippen LogP contribution in [0.4, 0.5) is 5.69 Å². The molecule has 6 nitrogen and oxygen atoms in total. The highest BCUT2D eigenvalue weighted by Gasteiger charge is 2.07. The Morgan fingerprint density at radius 3 is 2.53 bits per heavy atom. The standard InChI is InChI=1S/C11H10N4O2/c1-14-7-9(6-12)11(13)8-2-4-10(5-3-8)15(16)17/h2-5,7H,13H2,1H3/b11-9-,14-7?. The van der Waals surface area contributed by atoms with E-state index >= 15 is 0 Å². The van der Waals surface area contributed by atoms with E-state index in [0.717, 1.165) is 0 Å². The van der Waals surface area contributed by atoms with Crippen molar-refractivity contribution in [3.63, 3.8) is 0 Å². The van der Waals surface area contributed by atoms with Gasteiger partial charge in [0.25, 0.3) is 5.69 Å². The predicted molar refractivity (Wildman–Crippen MR) is 64.2 cm³/mol. The summed E-state index contributed by atoms with van der Waals surface area (Å²) < 4.78 is 0. The highest BCUT2D eigenvalue weighted by Crippen LogP contribution is 2.17. The maximum Gasteiger partial charge on any atom is 0.269 e. The highest BCUT2D eigenvalue weighted by molar-refractivity contribution is 5.94. The predicted octanol–water partition coefficient (Wildman–Crippen LogP) is 1.49. The summed E-state index contributed by atoms with van der Waals surface area (Å²) in [6.45, 7) is 0. The first-order valence-electron chi connectivity index (χ1n) is 4.67. The van der Waals surface area contributed by atoms with Crippen molar-refractivity contribution in [1.82, 2.24) is 0 Å². The molecule has 17 heavy (non-hydrogen) atoms. The molecule has 0 spiro atoms. The van der Waals surface area contributed by atoms with E-state index in [1.54, 1.807) is 0 Å². The number of hydrogen-bond acceptors (Lipinski definition) is 5. The fraction of sp³-hybridized carbons (Fsp3) is 0.0909. The first-order valence-corrected chi connectivity index (χ1v) is 4.67. The zero-order valence-electron chi connectivity index (χ0n) is 9.12. The van der Waals surface area contributed by atoms with Gasteiger partial charge < -0.3 is 5.73 Å². The first kappa shape index (κ1) is 12.4. The van der Waals surface area contributed by atoms with Crippen molar-refractivity contribution in [2.24, 2.45) is 10.7 Å². The molecule has 1 rings (SSSR count). The van der Waals surface area contributed by atoms with Crippen molar-refractivity contribution in [2.45, 2.75) is 0 Å². The Bertz CT molecular complexity index is 523. The zero-order valence-corrected chi connectivity index (χ0v) is 9.12. The number of hydrogen-bond donors (Lipinski definition) is 1. The Labute approximate surface area is 97.8 Å². The van der Waals surface area contributed by atoms with Crippen LogP contribution in [-0.2, 0) is 0 Å². The molecule has 6 heteroatoms. The van der Waals surface area contributed by atoms with Crippen LogP contribution in [0.2, 0.25) is 0 Å². The van der Waals surface area contributed by atoms with Gasteiger partial charge in [0.05, 0.1) is 16.2 Å². The second-order valence-corrected chi connectivity index (χ2v) is 3.13. The van der Waals surface area contributed by atoms with Crippen LogP contribution in [0.25, 0.3) is 5.70 Å². The van der Waals surface area contributed by atoms with E-state index in [1.807, 2.05) is 6.07 Å². The molecule has 0 amide bonds. The van der Waals surface area contributed by atoms with Gasteiger partial charge in [0, 0.05) is 25.4 Å². The molecule has 0 saturated heterocycles. The van der Waals surface area contributed by atoms with E-state index < -0.39 is 4.92 Å². The van der Waals surface area contributed by atoms with Crippen molar-refractivity contribution in [2.75, 3.05) is 7.05 Å². The largest absolute Gasteiger partial charge is 0.397 e. The Balaban J connectivity index is 3.17. The summed E-state index contributed by atoms with van der Waals surface area (Å²) in [5.74, 6) is 0. The van der Waals surface area contributed by atoms with Crippen LogP contribution in [0.1, 0.15) is 5.56 Å². The van der Waals surface area contributed by atoms with E-state index in [0.29, 0.717) is 5.56 Å². The van der Waals surface area contributed by atoms with Gasteiger partial charge in [-0.3, -0.25) is 15.1 Å². The number of allylic oxidation sites excluding steroid dienone is 1. The third-order valence-electron chi connectivity index (χ3n) is 2.06. The van der Waals surface area contributed by atoms with Gasteiger partial charge >= 0.3 is 0 Å². The van der Waals surface area contributed by atoms with E-state index in [4.69, 9.17) is 11.0 Å². The minimum Gasteiger partial charge on any atom is -0.397 e. The van der Waals surface area contributed by atoms with E-state index in [2.05, 4.69) is 4.99 Å². The molecular weight excluding hydrogens is 220 g/mol. The van der Waals surface area contributed by atoms with Crippen molar-refractivity contribution in [3.05, 3.63) is 45.5 Å². The van der Waals surface area contributed by atoms with Crippen molar-refractivity contribution in [1.29, 1.82) is 5.26 Å². The third kappa shape index (κ3) is 2.89. The molecule has 2 N–H and O–H groups in total. The SMILES string of the molecule is CN=C/C(C#N)=C(\N)c1ccc([N+](=O)[O-])cc1. The molecule has 0 atom stereocenters. The van der Waals surface area contributed by atoms with Crippen LogP contribution in [0.15, 0.2) is 34.8 Å². The average molecular weight is 230 g/mol. The molecule has 86 valence electrons. The number of rotatable bonds is 3. The van der Waals surface area contributed by atoms with Crippen molar-refractivity contribution < 1.29 is 4.92 Å². The number of nitriles is 1. The van der Waals surface area contributed by atoms with E-state index in [9.17, 15) is 10.1 Å². The molecule has 0 saturated carbocycles. The maximum atomic E-state index is 10.5. The van der Waals surface area contributed by atoms with Gasteiger partial charge in [0.2, 0.25) is 0 Å². The van der Waals surface area contributed by atoms with Gasteiger partial charge in [-0.15, -0.1) is 0 Å². The Morgan fingerprint density at radius 2 is 2.12 bits per heavy atom. The monoisotopic (exact) mass is 230 g/mol. The molecule has 0 aliphatic carbocycles. The first-order chi connectivity index (χ1) is 8.10. The number of nitro benzene ring substituents is 1. The van der Waals surface area contributed by atoms with Gasteiger partial charge in [-0.25, -0.2) is 0 Å². The second kappa shape index (κ2) is 5.42. The number of nitro groups is 1. The van der Waals surface area contributed by atoms with Gasteiger partial charge in [0.15, 0.2) is 0 Å². The minimum atomic E-state index is -0.498. The normalized spacial score (nSPS) is 12.0. The van der Waals surface area contributed by atoms with E-state index in [-0.39, 0.29) is 17.0 Å². The Hall–Kier alpha value is -2.68. The number of nitrogens with zero attached hydrogens (tertiary/aromatic N) is 3. The molecule has 0 aliphatic rings. The molecule has 1 aromatic carbocycles. The molecular formula is C11H10N4O2. The maximum absolute atomic E-state index is 10.5. The fourth-order valence-corrected chi connectivity index (χ4v) is 1.21. The number of benzene rings is 1. The average Bonchev–Trinajstić information content (AvgIpc) is 2.35. The van der Waals surface area contributed by atoms with Crippen LogP contribution in [-0.4, -0.2) is 18.2 Å². The molecule has 0 fully saturated rings. The van der Waals surface area contributed by atoms with Crippen molar-refractivity contribution >= 4 is 17.6 Å². The third-order valence-corrected chi connectivity index (χ3v) is 2.06. The quantitative estimate of drug-likeness (QED) is 0.367. The minimum absolute atomic E-state index is 0.0239. The Kier molecular flexibility index (Phi) is 3.95. The summed E-state index contributed by atoms with van der Waals surface area (Å²) in [6, 6.07) is 7.57. The lowest BCUT2D eigenvalue weighted by molar-refractivity contribution is -0.384. The molecule has 0 aliphatic heterocycles. The smallest absolute Gasteiger partial charge is 0.269 e. The van der Waals surface area contributed by atoms with Gasteiger partial charge in [-0.2, -0.15) is 5.26 Å². The molecule has 0 bridgehead atoms. The highest BCUT2D eigenvalue weighted by atomic mass is 16.6. The van der Waals surface area contributed by atoms with Gasteiger partial charge in [-0.05, 0) is 17.7 Å². The van der Waals surface area contributed by atoms with Crippen LogP contribution in [0.5, 0.6) is 0 Å². The lowest BCUT2D eigenvalue weighted by Gasteiger charge is -2.02. The molecule has 0 radical (unpaired) electrons. The molecule has 1 aromatic rings. The number of non-ortho nitro benzene ring substituents is 1. The summed E-state index contributed by atoms with van der Waals surface area (Å²) >= 11 is 0. The summed E-state index contributed by atoms with van der Waals surface area (Å²) in [4.78, 5) is 13.7.